The van der Waals surface area contributed by atoms with Gasteiger partial charge in [0.15, 0.2) is 17.0 Å². The standard InChI is InChI=1S/C18H18ClN7O/c1-11(2)25-10-21-14-16(23-18(19)24-17(14)25)20-9-12-5-3-6-13(27)15(12)26-8-4-7-22-26/h3-8,10-11,27H,9H2,1-2H3,(H,20,23,24). The van der Waals surface area contributed by atoms with Gasteiger partial charge in [0.25, 0.3) is 0 Å². The van der Waals surface area contributed by atoms with E-state index in [1.54, 1.807) is 41.6 Å². The molecular weight excluding hydrogens is 366 g/mol. The fourth-order valence-corrected chi connectivity index (χ4v) is 3.12. The first-order chi connectivity index (χ1) is 13.0. The second kappa shape index (κ2) is 6.88. The molecule has 0 aliphatic rings. The highest BCUT2D eigenvalue weighted by Crippen LogP contribution is 2.27. The summed E-state index contributed by atoms with van der Waals surface area (Å²) < 4.78 is 3.57. The van der Waals surface area contributed by atoms with Crippen LogP contribution in [0.2, 0.25) is 5.28 Å². The molecule has 0 aliphatic heterocycles. The first-order valence-electron chi connectivity index (χ1n) is 8.49. The number of phenols is 1. The number of halogens is 1. The molecule has 4 rings (SSSR count). The summed E-state index contributed by atoms with van der Waals surface area (Å²) in [6, 6.07) is 7.33. The number of anilines is 1. The SMILES string of the molecule is CC(C)n1cnc2c(NCc3cccc(O)c3-n3cccn3)nc(Cl)nc21. The maximum atomic E-state index is 10.3. The number of fused-ring (bicyclic) bond motifs is 1. The van der Waals surface area contributed by atoms with E-state index in [2.05, 4.69) is 25.4 Å². The Bertz CT molecular complexity index is 1090. The lowest BCUT2D eigenvalue weighted by atomic mass is 10.1. The van der Waals surface area contributed by atoms with Crippen molar-refractivity contribution in [3.05, 3.63) is 53.8 Å². The summed E-state index contributed by atoms with van der Waals surface area (Å²) >= 11 is 6.12. The van der Waals surface area contributed by atoms with Crippen LogP contribution in [0.5, 0.6) is 5.75 Å². The van der Waals surface area contributed by atoms with Gasteiger partial charge in [-0.15, -0.1) is 0 Å². The molecule has 138 valence electrons. The molecule has 4 aromatic rings. The average molecular weight is 384 g/mol. The van der Waals surface area contributed by atoms with E-state index in [1.807, 2.05) is 24.5 Å². The van der Waals surface area contributed by atoms with Crippen LogP contribution in [0.25, 0.3) is 16.9 Å². The van der Waals surface area contributed by atoms with E-state index in [4.69, 9.17) is 11.6 Å². The Balaban J connectivity index is 1.70. The number of nitrogens with one attached hydrogen (secondary N) is 1. The molecule has 0 bridgehead atoms. The minimum absolute atomic E-state index is 0.146. The third kappa shape index (κ3) is 3.19. The van der Waals surface area contributed by atoms with E-state index in [0.717, 1.165) is 5.56 Å². The largest absolute Gasteiger partial charge is 0.506 e. The molecule has 0 atom stereocenters. The van der Waals surface area contributed by atoms with Gasteiger partial charge < -0.3 is 15.0 Å². The Labute approximate surface area is 160 Å². The number of hydrogen-bond donors (Lipinski definition) is 2. The number of benzene rings is 1. The highest BCUT2D eigenvalue weighted by Gasteiger charge is 2.15. The Hall–Kier alpha value is -3.13. The minimum atomic E-state index is 0.146. The van der Waals surface area contributed by atoms with Gasteiger partial charge in [-0.25, -0.2) is 9.67 Å². The normalized spacial score (nSPS) is 11.4. The number of rotatable bonds is 5. The molecule has 9 heteroatoms. The number of nitrogens with zero attached hydrogens (tertiary/aromatic N) is 6. The van der Waals surface area contributed by atoms with E-state index in [0.29, 0.717) is 29.2 Å². The third-order valence-electron chi connectivity index (χ3n) is 4.23. The molecule has 0 saturated heterocycles. The first kappa shape index (κ1) is 17.3. The van der Waals surface area contributed by atoms with Gasteiger partial charge in [-0.2, -0.15) is 15.1 Å². The Morgan fingerprint density at radius 1 is 1.22 bits per heavy atom. The summed E-state index contributed by atoms with van der Waals surface area (Å²) in [7, 11) is 0. The fraction of sp³-hybridized carbons (Fsp3) is 0.222. The van der Waals surface area contributed by atoms with Crippen molar-refractivity contribution in [1.82, 2.24) is 29.3 Å². The van der Waals surface area contributed by atoms with Crippen molar-refractivity contribution in [1.29, 1.82) is 0 Å². The summed E-state index contributed by atoms with van der Waals surface area (Å²) in [4.78, 5) is 13.0. The summed E-state index contributed by atoms with van der Waals surface area (Å²) in [5.41, 5.74) is 2.79. The average Bonchev–Trinajstić information content (AvgIpc) is 3.29. The van der Waals surface area contributed by atoms with Crippen LogP contribution in [0.4, 0.5) is 5.82 Å². The molecular formula is C18H18ClN7O. The zero-order chi connectivity index (χ0) is 19.0. The minimum Gasteiger partial charge on any atom is -0.506 e. The van der Waals surface area contributed by atoms with Crippen LogP contribution in [0.3, 0.4) is 0 Å². The highest BCUT2D eigenvalue weighted by molar-refractivity contribution is 6.28. The lowest BCUT2D eigenvalue weighted by molar-refractivity contribution is 0.469. The maximum Gasteiger partial charge on any atom is 0.226 e. The topological polar surface area (TPSA) is 93.7 Å². The van der Waals surface area contributed by atoms with Gasteiger partial charge in [0, 0.05) is 30.5 Å². The van der Waals surface area contributed by atoms with Crippen LogP contribution < -0.4 is 5.32 Å². The number of imidazole rings is 1. The molecule has 2 N–H and O–H groups in total. The molecule has 3 aromatic heterocycles. The second-order valence-electron chi connectivity index (χ2n) is 6.35. The molecule has 0 radical (unpaired) electrons. The zero-order valence-electron chi connectivity index (χ0n) is 14.8. The zero-order valence-corrected chi connectivity index (χ0v) is 15.6. The molecule has 1 aromatic carbocycles. The molecule has 0 saturated carbocycles. The number of para-hydroxylation sites is 1. The van der Waals surface area contributed by atoms with E-state index in [-0.39, 0.29) is 17.1 Å². The smallest absolute Gasteiger partial charge is 0.226 e. The van der Waals surface area contributed by atoms with Crippen molar-refractivity contribution < 1.29 is 5.11 Å². The predicted octanol–water partition coefficient (Wildman–Crippen LogP) is 3.56. The number of aromatic hydroxyl groups is 1. The Kier molecular flexibility index (Phi) is 4.41. The summed E-state index contributed by atoms with van der Waals surface area (Å²) in [5.74, 6) is 0.687. The quantitative estimate of drug-likeness (QED) is 0.512. The van der Waals surface area contributed by atoms with Gasteiger partial charge in [-0.1, -0.05) is 12.1 Å². The number of aromatic nitrogens is 6. The molecule has 0 amide bonds. The molecule has 0 spiro atoms. The monoisotopic (exact) mass is 383 g/mol. The molecule has 3 heterocycles. The third-order valence-corrected chi connectivity index (χ3v) is 4.40. The van der Waals surface area contributed by atoms with E-state index >= 15 is 0 Å². The number of phenolic OH excluding ortho intramolecular Hbond substituents is 1. The Morgan fingerprint density at radius 2 is 2.07 bits per heavy atom. The molecule has 0 aliphatic carbocycles. The van der Waals surface area contributed by atoms with Gasteiger partial charge >= 0.3 is 0 Å². The molecule has 8 nitrogen and oxygen atoms in total. The van der Waals surface area contributed by atoms with Crippen LogP contribution >= 0.6 is 11.6 Å². The van der Waals surface area contributed by atoms with Crippen molar-refractivity contribution in [2.45, 2.75) is 26.4 Å². The van der Waals surface area contributed by atoms with Crippen LogP contribution in [-0.4, -0.2) is 34.4 Å². The van der Waals surface area contributed by atoms with E-state index in [1.165, 1.54) is 0 Å². The van der Waals surface area contributed by atoms with Crippen LogP contribution in [0.1, 0.15) is 25.5 Å². The maximum absolute atomic E-state index is 10.3. The van der Waals surface area contributed by atoms with Crippen molar-refractivity contribution in [2.24, 2.45) is 0 Å². The van der Waals surface area contributed by atoms with Crippen LogP contribution in [0, 0.1) is 0 Å². The van der Waals surface area contributed by atoms with Crippen molar-refractivity contribution in [3.63, 3.8) is 0 Å². The van der Waals surface area contributed by atoms with E-state index < -0.39 is 0 Å². The van der Waals surface area contributed by atoms with Crippen molar-refractivity contribution in [2.75, 3.05) is 5.32 Å². The first-order valence-corrected chi connectivity index (χ1v) is 8.87. The molecule has 0 unspecified atom stereocenters. The van der Waals surface area contributed by atoms with Gasteiger partial charge in [-0.05, 0) is 37.6 Å². The van der Waals surface area contributed by atoms with Crippen LogP contribution in [0.15, 0.2) is 43.0 Å². The van der Waals surface area contributed by atoms with Crippen molar-refractivity contribution >= 4 is 28.6 Å². The van der Waals surface area contributed by atoms with E-state index in [9.17, 15) is 5.11 Å². The van der Waals surface area contributed by atoms with Crippen molar-refractivity contribution in [3.8, 4) is 11.4 Å². The lowest BCUT2D eigenvalue weighted by Crippen LogP contribution is -2.08. The summed E-state index contributed by atoms with van der Waals surface area (Å²) in [6.07, 6.45) is 5.17. The predicted molar refractivity (Wildman–Crippen MR) is 103 cm³/mol. The van der Waals surface area contributed by atoms with Gasteiger partial charge in [0.1, 0.15) is 11.4 Å². The van der Waals surface area contributed by atoms with Crippen LogP contribution in [-0.2, 0) is 6.54 Å². The molecule has 27 heavy (non-hydrogen) atoms. The highest BCUT2D eigenvalue weighted by atomic mass is 35.5. The lowest BCUT2D eigenvalue weighted by Gasteiger charge is -2.13. The van der Waals surface area contributed by atoms with Gasteiger partial charge in [0.05, 0.1) is 6.33 Å². The number of hydrogen-bond acceptors (Lipinski definition) is 6. The second-order valence-corrected chi connectivity index (χ2v) is 6.69. The summed E-state index contributed by atoms with van der Waals surface area (Å²) in [6.45, 7) is 4.50. The fourth-order valence-electron chi connectivity index (χ4n) is 2.96. The van der Waals surface area contributed by atoms with Gasteiger partial charge in [0.2, 0.25) is 5.28 Å². The summed E-state index contributed by atoms with van der Waals surface area (Å²) in [5, 5.41) is 17.9. The van der Waals surface area contributed by atoms with Gasteiger partial charge in [-0.3, -0.25) is 0 Å². The Morgan fingerprint density at radius 3 is 2.81 bits per heavy atom. The molecule has 0 fully saturated rings.